The Labute approximate surface area is 151 Å². The number of benzene rings is 1. The van der Waals surface area contributed by atoms with E-state index in [1.165, 1.54) is 6.07 Å². The number of pyridine rings is 1. The number of halogens is 5. The number of amides is 1. The van der Waals surface area contributed by atoms with Crippen LogP contribution in [0.15, 0.2) is 24.4 Å². The van der Waals surface area contributed by atoms with Crippen LogP contribution in [0.25, 0.3) is 0 Å². The number of aromatic nitrogens is 1. The zero-order chi connectivity index (χ0) is 18.8. The van der Waals surface area contributed by atoms with Gasteiger partial charge in [0.1, 0.15) is 5.56 Å². The van der Waals surface area contributed by atoms with Crippen molar-refractivity contribution in [1.29, 1.82) is 0 Å². The Morgan fingerprint density at radius 3 is 2.56 bits per heavy atom. The summed E-state index contributed by atoms with van der Waals surface area (Å²) in [6, 6.07) is 3.85. The van der Waals surface area contributed by atoms with E-state index in [2.05, 4.69) is 10.3 Å². The number of methoxy groups -OCH3 is 1. The molecule has 0 atom stereocenters. The second kappa shape index (κ2) is 7.49. The third kappa shape index (κ3) is 4.35. The Morgan fingerprint density at radius 2 is 2.00 bits per heavy atom. The second-order valence-electron chi connectivity index (χ2n) is 5.11. The maximum atomic E-state index is 13.2. The molecule has 0 saturated carbocycles. The van der Waals surface area contributed by atoms with Gasteiger partial charge in [-0.05, 0) is 36.2 Å². The Balaban J connectivity index is 2.34. The molecule has 0 spiro atoms. The van der Waals surface area contributed by atoms with Crippen molar-refractivity contribution in [2.24, 2.45) is 0 Å². The monoisotopic (exact) mass is 392 g/mol. The molecule has 2 rings (SSSR count). The molecule has 4 nitrogen and oxygen atoms in total. The Bertz CT molecular complexity index is 787. The lowest BCUT2D eigenvalue weighted by Gasteiger charge is -2.16. The van der Waals surface area contributed by atoms with Crippen molar-refractivity contribution in [2.75, 3.05) is 7.11 Å². The van der Waals surface area contributed by atoms with Crippen LogP contribution in [0.2, 0.25) is 10.0 Å². The van der Waals surface area contributed by atoms with Gasteiger partial charge in [-0.1, -0.05) is 23.2 Å². The van der Waals surface area contributed by atoms with E-state index >= 15 is 0 Å². The lowest BCUT2D eigenvalue weighted by atomic mass is 10.1. The molecule has 1 aromatic heterocycles. The van der Waals surface area contributed by atoms with Crippen molar-refractivity contribution in [3.63, 3.8) is 0 Å². The van der Waals surface area contributed by atoms with Crippen molar-refractivity contribution < 1.29 is 22.7 Å². The molecule has 0 aliphatic carbocycles. The number of aryl methyl sites for hydroxylation is 1. The molecular weight excluding hydrogens is 380 g/mol. The fraction of sp³-hybridized carbons (Fsp3) is 0.250. The van der Waals surface area contributed by atoms with Crippen LogP contribution in [0.3, 0.4) is 0 Å². The van der Waals surface area contributed by atoms with Crippen LogP contribution < -0.4 is 10.1 Å². The number of carbonyl (C=O) groups is 1. The highest BCUT2D eigenvalue weighted by Gasteiger charge is 2.37. The summed E-state index contributed by atoms with van der Waals surface area (Å²) < 4.78 is 44.3. The van der Waals surface area contributed by atoms with Crippen LogP contribution in [0.1, 0.15) is 27.0 Å². The quantitative estimate of drug-likeness (QED) is 0.823. The fourth-order valence-corrected chi connectivity index (χ4v) is 2.93. The summed E-state index contributed by atoms with van der Waals surface area (Å²) in [6.07, 6.45) is -3.80. The molecule has 1 aromatic carbocycles. The summed E-state index contributed by atoms with van der Waals surface area (Å²) in [5.41, 5.74) is -0.557. The van der Waals surface area contributed by atoms with Crippen molar-refractivity contribution in [3.8, 4) is 5.88 Å². The highest BCUT2D eigenvalue weighted by molar-refractivity contribution is 6.35. The summed E-state index contributed by atoms with van der Waals surface area (Å²) in [6.45, 7) is 1.65. The van der Waals surface area contributed by atoms with Crippen LogP contribution in [0, 0.1) is 6.92 Å². The normalized spacial score (nSPS) is 11.3. The van der Waals surface area contributed by atoms with Crippen LogP contribution in [0.4, 0.5) is 13.2 Å². The molecule has 0 unspecified atom stereocenters. The summed E-state index contributed by atoms with van der Waals surface area (Å²) in [4.78, 5) is 16.0. The largest absolute Gasteiger partial charge is 0.480 e. The number of nitrogens with one attached hydrogen (secondary N) is 1. The summed E-state index contributed by atoms with van der Waals surface area (Å²) in [5.74, 6) is -1.38. The maximum Gasteiger partial charge on any atom is 0.417 e. The molecule has 0 bridgehead atoms. The third-order valence-corrected chi connectivity index (χ3v) is 4.01. The topological polar surface area (TPSA) is 51.2 Å². The van der Waals surface area contributed by atoms with E-state index in [-0.39, 0.29) is 6.54 Å². The Hall–Kier alpha value is -1.99. The number of ether oxygens (including phenoxy) is 1. The molecule has 1 N–H and O–H groups in total. The van der Waals surface area contributed by atoms with Crippen LogP contribution in [-0.2, 0) is 12.7 Å². The minimum Gasteiger partial charge on any atom is -0.480 e. The molecular formula is C16H13Cl2F3N2O2. The van der Waals surface area contributed by atoms with Gasteiger partial charge in [0.05, 0.1) is 12.7 Å². The van der Waals surface area contributed by atoms with E-state index in [1.54, 1.807) is 13.0 Å². The zero-order valence-electron chi connectivity index (χ0n) is 13.2. The molecule has 0 fully saturated rings. The summed E-state index contributed by atoms with van der Waals surface area (Å²) >= 11 is 11.9. The van der Waals surface area contributed by atoms with E-state index in [0.717, 1.165) is 19.4 Å². The van der Waals surface area contributed by atoms with E-state index < -0.39 is 29.1 Å². The van der Waals surface area contributed by atoms with E-state index in [9.17, 15) is 18.0 Å². The number of rotatable bonds is 4. The lowest BCUT2D eigenvalue weighted by Crippen LogP contribution is -2.27. The molecule has 25 heavy (non-hydrogen) atoms. The first-order valence-electron chi connectivity index (χ1n) is 6.98. The van der Waals surface area contributed by atoms with Gasteiger partial charge in [0, 0.05) is 22.8 Å². The highest BCUT2D eigenvalue weighted by Crippen LogP contribution is 2.35. The van der Waals surface area contributed by atoms with E-state index in [0.29, 0.717) is 21.2 Å². The van der Waals surface area contributed by atoms with Gasteiger partial charge in [-0.15, -0.1) is 0 Å². The molecule has 134 valence electrons. The summed E-state index contributed by atoms with van der Waals surface area (Å²) in [7, 11) is 1.14. The van der Waals surface area contributed by atoms with Crippen molar-refractivity contribution in [3.05, 3.63) is 56.7 Å². The first kappa shape index (κ1) is 19.3. The minimum absolute atomic E-state index is 0.0734. The van der Waals surface area contributed by atoms with Gasteiger partial charge in [-0.25, -0.2) is 4.98 Å². The minimum atomic E-state index is -4.73. The van der Waals surface area contributed by atoms with Gasteiger partial charge in [-0.3, -0.25) is 4.79 Å². The van der Waals surface area contributed by atoms with E-state index in [1.807, 2.05) is 0 Å². The number of hydrogen-bond donors (Lipinski definition) is 1. The smallest absolute Gasteiger partial charge is 0.417 e. The van der Waals surface area contributed by atoms with Gasteiger partial charge >= 0.3 is 6.18 Å². The average Bonchev–Trinajstić information content (AvgIpc) is 2.51. The summed E-state index contributed by atoms with van der Waals surface area (Å²) in [5, 5.41) is 3.14. The number of carbonyl (C=O) groups excluding carboxylic acids is 1. The number of alkyl halides is 3. The molecule has 0 aliphatic heterocycles. The molecule has 2 aromatic rings. The Morgan fingerprint density at radius 1 is 1.32 bits per heavy atom. The van der Waals surface area contributed by atoms with Crippen LogP contribution >= 0.6 is 23.2 Å². The van der Waals surface area contributed by atoms with Crippen LogP contribution in [0.5, 0.6) is 5.88 Å². The second-order valence-corrected chi connectivity index (χ2v) is 5.95. The number of hydrogen-bond acceptors (Lipinski definition) is 3. The van der Waals surface area contributed by atoms with E-state index in [4.69, 9.17) is 27.9 Å². The molecule has 0 radical (unpaired) electrons. The van der Waals surface area contributed by atoms with Crippen molar-refractivity contribution in [1.82, 2.24) is 10.3 Å². The van der Waals surface area contributed by atoms with Crippen molar-refractivity contribution >= 4 is 29.1 Å². The standard InChI is InChI=1S/C16H13Cl2F3N2O2/c1-8-5-9(17)6-12(18)10(8)7-23-14(24)13-11(16(19,20)21)3-4-22-15(13)25-2/h3-6H,7H2,1-2H3,(H,23,24). The molecule has 9 heteroatoms. The Kier molecular flexibility index (Phi) is 5.80. The molecule has 0 saturated heterocycles. The first-order chi connectivity index (χ1) is 11.6. The van der Waals surface area contributed by atoms with Crippen molar-refractivity contribution in [2.45, 2.75) is 19.6 Å². The first-order valence-corrected chi connectivity index (χ1v) is 7.73. The number of nitrogens with zero attached hydrogens (tertiary/aromatic N) is 1. The SMILES string of the molecule is COc1nccc(C(F)(F)F)c1C(=O)NCc1c(C)cc(Cl)cc1Cl. The van der Waals surface area contributed by atoms with Gasteiger partial charge in [0.15, 0.2) is 0 Å². The predicted octanol–water partition coefficient (Wildman–Crippen LogP) is 4.65. The molecule has 0 aliphatic rings. The maximum absolute atomic E-state index is 13.2. The fourth-order valence-electron chi connectivity index (χ4n) is 2.27. The van der Waals surface area contributed by atoms with Gasteiger partial charge < -0.3 is 10.1 Å². The zero-order valence-corrected chi connectivity index (χ0v) is 14.7. The highest BCUT2D eigenvalue weighted by atomic mass is 35.5. The lowest BCUT2D eigenvalue weighted by molar-refractivity contribution is -0.138. The predicted molar refractivity (Wildman–Crippen MR) is 88.2 cm³/mol. The average molecular weight is 393 g/mol. The molecule has 1 amide bonds. The molecule has 1 heterocycles. The third-order valence-electron chi connectivity index (χ3n) is 3.45. The van der Waals surface area contributed by atoms with Gasteiger partial charge in [-0.2, -0.15) is 13.2 Å². The van der Waals surface area contributed by atoms with Crippen LogP contribution in [-0.4, -0.2) is 18.0 Å². The van der Waals surface area contributed by atoms with Gasteiger partial charge in [0.25, 0.3) is 5.91 Å². The van der Waals surface area contributed by atoms with Gasteiger partial charge in [0.2, 0.25) is 5.88 Å².